The van der Waals surface area contributed by atoms with E-state index >= 15 is 0 Å². The van der Waals surface area contributed by atoms with E-state index in [4.69, 9.17) is 4.98 Å². The minimum Gasteiger partial charge on any atom is -0.338 e. The van der Waals surface area contributed by atoms with Crippen LogP contribution in [-0.4, -0.2) is 62.1 Å². The molecule has 2 aliphatic rings. The lowest BCUT2D eigenvalue weighted by molar-refractivity contribution is -0.132. The molecule has 1 atom stereocenters. The molecule has 3 aromatic rings. The van der Waals surface area contributed by atoms with Crippen molar-refractivity contribution in [2.75, 3.05) is 26.7 Å². The van der Waals surface area contributed by atoms with Gasteiger partial charge in [-0.05, 0) is 26.1 Å². The van der Waals surface area contributed by atoms with Gasteiger partial charge in [0.05, 0.1) is 24.0 Å². The molecule has 0 aliphatic carbocycles. The molecule has 0 spiro atoms. The summed E-state index contributed by atoms with van der Waals surface area (Å²) in [4.78, 5) is 26.5. The molecule has 1 amide bonds. The number of aryl methyl sites for hydroxylation is 1. The van der Waals surface area contributed by atoms with Crippen LogP contribution in [0.5, 0.6) is 0 Å². The molecule has 0 radical (unpaired) electrons. The first-order valence-electron chi connectivity index (χ1n) is 10.4. The molecular formula is C22H26N6O. The Labute approximate surface area is 170 Å². The van der Waals surface area contributed by atoms with Gasteiger partial charge < -0.3 is 9.80 Å². The van der Waals surface area contributed by atoms with Gasteiger partial charge in [-0.15, -0.1) is 0 Å². The summed E-state index contributed by atoms with van der Waals surface area (Å²) in [7, 11) is 2.15. The zero-order chi connectivity index (χ0) is 19.8. The Hall–Kier alpha value is -2.80. The third kappa shape index (κ3) is 3.62. The fourth-order valence-electron chi connectivity index (χ4n) is 4.45. The largest absolute Gasteiger partial charge is 0.338 e. The molecule has 1 aromatic carbocycles. The Morgan fingerprint density at radius 2 is 2.10 bits per heavy atom. The van der Waals surface area contributed by atoms with Gasteiger partial charge in [0.25, 0.3) is 0 Å². The standard InChI is InChI=1S/C22H26N6O/c1-26-9-6-17(14-26)22-23-12-18-15-27(10-7-19(18)25-22)21(29)8-11-28-20-5-3-2-4-16(20)13-24-28/h2-5,12-13,17H,6-11,14-15H2,1H3/t17-/m0/s1. The highest BCUT2D eigenvalue weighted by molar-refractivity contribution is 5.79. The van der Waals surface area contributed by atoms with Crippen molar-refractivity contribution in [3.05, 3.63) is 53.7 Å². The first-order chi connectivity index (χ1) is 14.2. The Bertz CT molecular complexity index is 1040. The number of nitrogens with zero attached hydrogens (tertiary/aromatic N) is 6. The minimum absolute atomic E-state index is 0.164. The van der Waals surface area contributed by atoms with Crippen molar-refractivity contribution in [2.45, 2.75) is 38.3 Å². The van der Waals surface area contributed by atoms with Crippen molar-refractivity contribution in [1.82, 2.24) is 29.5 Å². The summed E-state index contributed by atoms with van der Waals surface area (Å²) in [5.41, 5.74) is 3.28. The molecule has 2 aliphatic heterocycles. The fourth-order valence-corrected chi connectivity index (χ4v) is 4.45. The number of hydrogen-bond acceptors (Lipinski definition) is 5. The molecule has 7 nitrogen and oxygen atoms in total. The van der Waals surface area contributed by atoms with E-state index in [1.165, 1.54) is 0 Å². The monoisotopic (exact) mass is 390 g/mol. The lowest BCUT2D eigenvalue weighted by atomic mass is 10.0. The van der Waals surface area contributed by atoms with Crippen LogP contribution in [0, 0.1) is 0 Å². The molecule has 1 fully saturated rings. The molecule has 0 unspecified atom stereocenters. The van der Waals surface area contributed by atoms with Gasteiger partial charge in [0.1, 0.15) is 5.82 Å². The average molecular weight is 390 g/mol. The van der Waals surface area contributed by atoms with Crippen LogP contribution in [0.15, 0.2) is 36.7 Å². The van der Waals surface area contributed by atoms with Gasteiger partial charge in [0, 0.05) is 55.5 Å². The van der Waals surface area contributed by atoms with Crippen molar-refractivity contribution < 1.29 is 4.79 Å². The molecule has 0 saturated carbocycles. The molecular weight excluding hydrogens is 364 g/mol. The average Bonchev–Trinajstić information content (AvgIpc) is 3.37. The van der Waals surface area contributed by atoms with Crippen molar-refractivity contribution in [1.29, 1.82) is 0 Å². The third-order valence-electron chi connectivity index (χ3n) is 6.15. The molecule has 1 saturated heterocycles. The normalized spacial score (nSPS) is 19.6. The SMILES string of the molecule is CN1CC[C@H](c2ncc3c(n2)CCN(C(=O)CCn2ncc4ccccc42)C3)C1. The number of aromatic nitrogens is 4. The number of likely N-dealkylation sites (N-methyl/N-ethyl adjacent to an activating group) is 1. The molecule has 7 heteroatoms. The number of rotatable bonds is 4. The van der Waals surface area contributed by atoms with Crippen LogP contribution >= 0.6 is 0 Å². The molecule has 2 aromatic heterocycles. The third-order valence-corrected chi connectivity index (χ3v) is 6.15. The van der Waals surface area contributed by atoms with Gasteiger partial charge >= 0.3 is 0 Å². The lowest BCUT2D eigenvalue weighted by Crippen LogP contribution is -2.37. The van der Waals surface area contributed by atoms with E-state index in [1.807, 2.05) is 46.2 Å². The number of carbonyl (C=O) groups is 1. The minimum atomic E-state index is 0.164. The summed E-state index contributed by atoms with van der Waals surface area (Å²) < 4.78 is 1.92. The van der Waals surface area contributed by atoms with Crippen LogP contribution in [0.3, 0.4) is 0 Å². The number of para-hydroxylation sites is 1. The summed E-state index contributed by atoms with van der Waals surface area (Å²) in [5.74, 6) is 1.57. The quantitative estimate of drug-likeness (QED) is 0.683. The Balaban J connectivity index is 1.23. The van der Waals surface area contributed by atoms with E-state index in [-0.39, 0.29) is 5.91 Å². The van der Waals surface area contributed by atoms with Gasteiger partial charge in [0.15, 0.2) is 0 Å². The van der Waals surface area contributed by atoms with E-state index in [0.717, 1.165) is 60.5 Å². The maximum absolute atomic E-state index is 12.8. The van der Waals surface area contributed by atoms with Crippen molar-refractivity contribution in [3.63, 3.8) is 0 Å². The first kappa shape index (κ1) is 18.2. The van der Waals surface area contributed by atoms with E-state index < -0.39 is 0 Å². The Morgan fingerprint density at radius 3 is 2.97 bits per heavy atom. The van der Waals surface area contributed by atoms with Gasteiger partial charge in [-0.2, -0.15) is 5.10 Å². The number of carbonyl (C=O) groups excluding carboxylic acids is 1. The number of hydrogen-bond donors (Lipinski definition) is 0. The van der Waals surface area contributed by atoms with Crippen molar-refractivity contribution in [2.24, 2.45) is 0 Å². The van der Waals surface area contributed by atoms with Gasteiger partial charge in [-0.25, -0.2) is 9.97 Å². The molecule has 5 rings (SSSR count). The number of fused-ring (bicyclic) bond motifs is 2. The van der Waals surface area contributed by atoms with Crippen LogP contribution in [0.4, 0.5) is 0 Å². The summed E-state index contributed by atoms with van der Waals surface area (Å²) in [6, 6.07) is 8.09. The van der Waals surface area contributed by atoms with Gasteiger partial charge in [-0.1, -0.05) is 18.2 Å². The second-order valence-electron chi connectivity index (χ2n) is 8.19. The number of amides is 1. The zero-order valence-electron chi connectivity index (χ0n) is 16.8. The fraction of sp³-hybridized carbons (Fsp3) is 0.455. The van der Waals surface area contributed by atoms with Gasteiger partial charge in [0.2, 0.25) is 5.91 Å². The van der Waals surface area contributed by atoms with Crippen LogP contribution in [0.25, 0.3) is 10.9 Å². The predicted molar refractivity (Wildman–Crippen MR) is 110 cm³/mol. The number of benzene rings is 1. The zero-order valence-corrected chi connectivity index (χ0v) is 16.8. The maximum Gasteiger partial charge on any atom is 0.224 e. The smallest absolute Gasteiger partial charge is 0.224 e. The van der Waals surface area contributed by atoms with Crippen LogP contribution in [0.1, 0.15) is 35.8 Å². The van der Waals surface area contributed by atoms with E-state index in [9.17, 15) is 4.79 Å². The highest BCUT2D eigenvalue weighted by atomic mass is 16.2. The van der Waals surface area contributed by atoms with E-state index in [1.54, 1.807) is 0 Å². The Morgan fingerprint density at radius 1 is 1.21 bits per heavy atom. The second-order valence-corrected chi connectivity index (χ2v) is 8.19. The van der Waals surface area contributed by atoms with Crippen LogP contribution in [0.2, 0.25) is 0 Å². The highest BCUT2D eigenvalue weighted by Gasteiger charge is 2.27. The summed E-state index contributed by atoms with van der Waals surface area (Å²) in [5, 5.41) is 5.53. The van der Waals surface area contributed by atoms with Crippen LogP contribution < -0.4 is 0 Å². The Kier molecular flexibility index (Phi) is 4.75. The molecule has 4 heterocycles. The maximum atomic E-state index is 12.8. The molecule has 0 bridgehead atoms. The first-order valence-corrected chi connectivity index (χ1v) is 10.4. The summed E-state index contributed by atoms with van der Waals surface area (Å²) in [6.45, 7) is 4.08. The second kappa shape index (κ2) is 7.55. The molecule has 29 heavy (non-hydrogen) atoms. The highest BCUT2D eigenvalue weighted by Crippen LogP contribution is 2.25. The van der Waals surface area contributed by atoms with Crippen LogP contribution in [-0.2, 0) is 24.3 Å². The van der Waals surface area contributed by atoms with Crippen molar-refractivity contribution in [3.8, 4) is 0 Å². The predicted octanol–water partition coefficient (Wildman–Crippen LogP) is 2.22. The molecule has 0 N–H and O–H groups in total. The topological polar surface area (TPSA) is 67.2 Å². The van der Waals surface area contributed by atoms with E-state index in [0.29, 0.717) is 25.4 Å². The van der Waals surface area contributed by atoms with Gasteiger partial charge in [-0.3, -0.25) is 9.48 Å². The lowest BCUT2D eigenvalue weighted by Gasteiger charge is -2.28. The summed E-state index contributed by atoms with van der Waals surface area (Å²) in [6.07, 6.45) is 6.19. The van der Waals surface area contributed by atoms with E-state index in [2.05, 4.69) is 22.0 Å². The summed E-state index contributed by atoms with van der Waals surface area (Å²) >= 11 is 0. The number of likely N-dealkylation sites (tertiary alicyclic amines) is 1. The molecule has 150 valence electrons. The van der Waals surface area contributed by atoms with Crippen molar-refractivity contribution >= 4 is 16.8 Å².